The Morgan fingerprint density at radius 3 is 2.50 bits per heavy atom. The van der Waals surface area contributed by atoms with E-state index in [4.69, 9.17) is 4.74 Å². The van der Waals surface area contributed by atoms with Crippen LogP contribution in [-0.4, -0.2) is 49.6 Å². The van der Waals surface area contributed by atoms with Gasteiger partial charge >= 0.3 is 6.03 Å². The molecule has 0 atom stereocenters. The molecule has 0 bridgehead atoms. The highest BCUT2D eigenvalue weighted by Gasteiger charge is 2.35. The van der Waals surface area contributed by atoms with Crippen LogP contribution in [0.5, 0.6) is 0 Å². The summed E-state index contributed by atoms with van der Waals surface area (Å²) in [6, 6.07) is 14.7. The molecule has 0 aromatic heterocycles. The number of unbranched alkanes of at least 4 members (excludes halogenated alkanes) is 1. The number of benzene rings is 2. The number of amides is 4. The van der Waals surface area contributed by atoms with Gasteiger partial charge in [-0.3, -0.25) is 14.5 Å². The average Bonchev–Trinajstić information content (AvgIpc) is 2.99. The van der Waals surface area contributed by atoms with Gasteiger partial charge in [-0.15, -0.1) is 0 Å². The van der Waals surface area contributed by atoms with Crippen molar-refractivity contribution in [3.05, 3.63) is 65.2 Å². The molecule has 0 fully saturated rings. The van der Waals surface area contributed by atoms with Crippen LogP contribution in [0.25, 0.3) is 0 Å². The van der Waals surface area contributed by atoms with Gasteiger partial charge in [0.05, 0.1) is 11.1 Å². The van der Waals surface area contributed by atoms with Crippen molar-refractivity contribution in [2.45, 2.75) is 25.7 Å². The van der Waals surface area contributed by atoms with Crippen molar-refractivity contribution in [2.24, 2.45) is 0 Å². The number of carbonyl (C=O) groups excluding carboxylic acids is 3. The van der Waals surface area contributed by atoms with Crippen LogP contribution in [0.3, 0.4) is 0 Å². The molecule has 7 heteroatoms. The monoisotopic (exact) mass is 409 g/mol. The second-order valence-corrected chi connectivity index (χ2v) is 7.19. The molecule has 1 aliphatic rings. The maximum atomic E-state index is 12.5. The van der Waals surface area contributed by atoms with Crippen LogP contribution in [0.4, 0.5) is 10.5 Å². The number of hydrogen-bond donors (Lipinski definition) is 2. The Kier molecular flexibility index (Phi) is 7.57. The molecular weight excluding hydrogens is 382 g/mol. The Labute approximate surface area is 176 Å². The second kappa shape index (κ2) is 10.5. The number of methoxy groups -OCH3 is 1. The van der Waals surface area contributed by atoms with E-state index in [0.717, 1.165) is 19.3 Å². The van der Waals surface area contributed by atoms with Crippen LogP contribution in [-0.2, 0) is 11.2 Å². The SMILES string of the molecule is COCCCN1C(=O)c2ccc(NC(=O)NCCCCc3ccccc3)cc2C1=O. The summed E-state index contributed by atoms with van der Waals surface area (Å²) in [6.07, 6.45) is 3.42. The van der Waals surface area contributed by atoms with Crippen molar-refractivity contribution in [2.75, 3.05) is 32.1 Å². The first-order valence-electron chi connectivity index (χ1n) is 10.2. The van der Waals surface area contributed by atoms with Gasteiger partial charge in [-0.25, -0.2) is 4.79 Å². The Morgan fingerprint density at radius 2 is 1.73 bits per heavy atom. The molecule has 3 rings (SSSR count). The number of carbonyl (C=O) groups is 3. The van der Waals surface area contributed by atoms with E-state index in [0.29, 0.717) is 42.9 Å². The average molecular weight is 409 g/mol. The number of nitrogens with zero attached hydrogens (tertiary/aromatic N) is 1. The molecule has 0 saturated carbocycles. The van der Waals surface area contributed by atoms with Crippen LogP contribution in [0.2, 0.25) is 0 Å². The van der Waals surface area contributed by atoms with Crippen LogP contribution < -0.4 is 10.6 Å². The van der Waals surface area contributed by atoms with Crippen molar-refractivity contribution >= 4 is 23.5 Å². The highest BCUT2D eigenvalue weighted by atomic mass is 16.5. The number of rotatable bonds is 10. The molecule has 0 spiro atoms. The number of fused-ring (bicyclic) bond motifs is 1. The van der Waals surface area contributed by atoms with Gasteiger partial charge in [-0.2, -0.15) is 0 Å². The van der Waals surface area contributed by atoms with Crippen molar-refractivity contribution < 1.29 is 19.1 Å². The summed E-state index contributed by atoms with van der Waals surface area (Å²) >= 11 is 0. The number of aryl methyl sites for hydroxylation is 1. The summed E-state index contributed by atoms with van der Waals surface area (Å²) in [7, 11) is 1.58. The van der Waals surface area contributed by atoms with Gasteiger partial charge < -0.3 is 15.4 Å². The smallest absolute Gasteiger partial charge is 0.319 e. The Bertz CT molecular complexity index is 899. The van der Waals surface area contributed by atoms with E-state index in [1.54, 1.807) is 25.3 Å². The molecule has 158 valence electrons. The highest BCUT2D eigenvalue weighted by molar-refractivity contribution is 6.21. The van der Waals surface area contributed by atoms with E-state index in [9.17, 15) is 14.4 Å². The lowest BCUT2D eigenvalue weighted by atomic mass is 10.1. The number of anilines is 1. The van der Waals surface area contributed by atoms with Gasteiger partial charge in [-0.05, 0) is 49.4 Å². The third kappa shape index (κ3) is 5.45. The predicted molar refractivity (Wildman–Crippen MR) is 115 cm³/mol. The molecule has 7 nitrogen and oxygen atoms in total. The van der Waals surface area contributed by atoms with Crippen molar-refractivity contribution in [1.82, 2.24) is 10.2 Å². The zero-order valence-corrected chi connectivity index (χ0v) is 17.1. The van der Waals surface area contributed by atoms with Crippen LogP contribution in [0.1, 0.15) is 45.5 Å². The van der Waals surface area contributed by atoms with Gasteiger partial charge in [0.1, 0.15) is 0 Å². The summed E-state index contributed by atoms with van der Waals surface area (Å²) in [5.41, 5.74) is 2.45. The molecule has 2 N–H and O–H groups in total. The van der Waals surface area contributed by atoms with E-state index in [1.165, 1.54) is 10.5 Å². The Hall–Kier alpha value is -3.19. The minimum Gasteiger partial charge on any atom is -0.385 e. The van der Waals surface area contributed by atoms with E-state index in [1.807, 2.05) is 18.2 Å². The number of imide groups is 1. The molecule has 0 radical (unpaired) electrons. The standard InChI is InChI=1S/C23H27N3O4/c1-30-15-7-14-26-21(27)19-12-11-18(16-20(19)22(26)28)25-23(29)24-13-6-5-10-17-8-3-2-4-9-17/h2-4,8-9,11-12,16H,5-7,10,13-15H2,1H3,(H2,24,25,29). The Morgan fingerprint density at radius 1 is 0.967 bits per heavy atom. The first-order valence-corrected chi connectivity index (χ1v) is 10.2. The lowest BCUT2D eigenvalue weighted by Gasteiger charge is -2.12. The predicted octanol–water partition coefficient (Wildman–Crippen LogP) is 3.46. The summed E-state index contributed by atoms with van der Waals surface area (Å²) in [6.45, 7) is 1.35. The van der Waals surface area contributed by atoms with Crippen molar-refractivity contribution in [3.8, 4) is 0 Å². The fraction of sp³-hybridized carbons (Fsp3) is 0.348. The maximum Gasteiger partial charge on any atom is 0.319 e. The maximum absolute atomic E-state index is 12.5. The third-order valence-corrected chi connectivity index (χ3v) is 4.98. The molecular formula is C23H27N3O4. The second-order valence-electron chi connectivity index (χ2n) is 7.19. The van der Waals surface area contributed by atoms with Gasteiger partial charge in [0.15, 0.2) is 0 Å². The van der Waals surface area contributed by atoms with Crippen LogP contribution in [0.15, 0.2) is 48.5 Å². The molecule has 1 heterocycles. The molecule has 1 aliphatic heterocycles. The fourth-order valence-corrected chi connectivity index (χ4v) is 3.41. The first kappa shape index (κ1) is 21.5. The summed E-state index contributed by atoms with van der Waals surface area (Å²) < 4.78 is 4.98. The van der Waals surface area contributed by atoms with E-state index >= 15 is 0 Å². The molecule has 0 unspecified atom stereocenters. The molecule has 2 aromatic carbocycles. The van der Waals surface area contributed by atoms with Crippen molar-refractivity contribution in [1.29, 1.82) is 0 Å². The molecule has 0 saturated heterocycles. The van der Waals surface area contributed by atoms with Gasteiger partial charge in [-0.1, -0.05) is 30.3 Å². The molecule has 2 aromatic rings. The normalized spacial score (nSPS) is 12.8. The first-order chi connectivity index (χ1) is 14.6. The molecule has 4 amide bonds. The minimum absolute atomic E-state index is 0.305. The molecule has 0 aliphatic carbocycles. The lowest BCUT2D eigenvalue weighted by molar-refractivity contribution is 0.0638. The zero-order chi connectivity index (χ0) is 21.3. The quantitative estimate of drug-likeness (QED) is 0.465. The van der Waals surface area contributed by atoms with E-state index < -0.39 is 0 Å². The van der Waals surface area contributed by atoms with Gasteiger partial charge in [0.2, 0.25) is 0 Å². The summed E-state index contributed by atoms with van der Waals surface area (Å²) in [5.74, 6) is -0.642. The number of nitrogens with one attached hydrogen (secondary N) is 2. The lowest BCUT2D eigenvalue weighted by Crippen LogP contribution is -2.31. The summed E-state index contributed by atoms with van der Waals surface area (Å²) in [5, 5.41) is 5.55. The number of urea groups is 1. The van der Waals surface area contributed by atoms with Gasteiger partial charge in [0, 0.05) is 32.5 Å². The fourth-order valence-electron chi connectivity index (χ4n) is 3.41. The summed E-state index contributed by atoms with van der Waals surface area (Å²) in [4.78, 5) is 38.3. The van der Waals surface area contributed by atoms with Gasteiger partial charge in [0.25, 0.3) is 11.8 Å². The zero-order valence-electron chi connectivity index (χ0n) is 17.1. The van der Waals surface area contributed by atoms with E-state index in [-0.39, 0.29) is 17.8 Å². The van der Waals surface area contributed by atoms with Crippen LogP contribution >= 0.6 is 0 Å². The van der Waals surface area contributed by atoms with E-state index in [2.05, 4.69) is 22.8 Å². The Balaban J connectivity index is 1.46. The van der Waals surface area contributed by atoms with Crippen LogP contribution in [0, 0.1) is 0 Å². The largest absolute Gasteiger partial charge is 0.385 e. The third-order valence-electron chi connectivity index (χ3n) is 4.98. The molecule has 30 heavy (non-hydrogen) atoms. The minimum atomic E-state index is -0.337. The number of hydrogen-bond acceptors (Lipinski definition) is 4. The highest BCUT2D eigenvalue weighted by Crippen LogP contribution is 2.26. The number of ether oxygens (including phenoxy) is 1. The van der Waals surface area contributed by atoms with Crippen molar-refractivity contribution in [3.63, 3.8) is 0 Å². The topological polar surface area (TPSA) is 87.7 Å².